The molecule has 1 aromatic carbocycles. The van der Waals surface area contributed by atoms with E-state index in [0.29, 0.717) is 29.3 Å². The first-order valence-electron chi connectivity index (χ1n) is 5.23. The van der Waals surface area contributed by atoms with Crippen LogP contribution >= 0.6 is 11.6 Å². The number of nitrogens with two attached hydrogens (primary N) is 1. The van der Waals surface area contributed by atoms with Gasteiger partial charge in [0.15, 0.2) is 5.78 Å². The minimum absolute atomic E-state index is 0.0310. The van der Waals surface area contributed by atoms with Crippen LogP contribution in [-0.2, 0) is 6.42 Å². The Balaban J connectivity index is 3.24. The number of Topliss-reactive ketones (excluding diaryl/α,β-unsaturated/α-hetero) is 1. The summed E-state index contributed by atoms with van der Waals surface area (Å²) in [4.78, 5) is 11.8. The number of hydrogen-bond acceptors (Lipinski definition) is 3. The van der Waals surface area contributed by atoms with Gasteiger partial charge < -0.3 is 10.5 Å². The summed E-state index contributed by atoms with van der Waals surface area (Å²) >= 11 is 5.96. The van der Waals surface area contributed by atoms with Gasteiger partial charge >= 0.3 is 0 Å². The third-order valence-corrected chi connectivity index (χ3v) is 2.61. The molecule has 4 heteroatoms. The Bertz CT molecular complexity index is 391. The summed E-state index contributed by atoms with van der Waals surface area (Å²) in [6.07, 6.45) is 1.08. The predicted molar refractivity (Wildman–Crippen MR) is 65.4 cm³/mol. The molecule has 1 rings (SSSR count). The van der Waals surface area contributed by atoms with Crippen molar-refractivity contribution >= 4 is 17.4 Å². The Morgan fingerprint density at radius 3 is 2.69 bits per heavy atom. The largest absolute Gasteiger partial charge is 0.496 e. The molecular weight excluding hydrogens is 226 g/mol. The molecule has 0 aliphatic heterocycles. The highest BCUT2D eigenvalue weighted by molar-refractivity contribution is 6.31. The fraction of sp³-hybridized carbons (Fsp3) is 0.417. The summed E-state index contributed by atoms with van der Waals surface area (Å²) < 4.78 is 5.27. The van der Waals surface area contributed by atoms with Crippen LogP contribution in [0.2, 0.25) is 5.02 Å². The maximum Gasteiger partial charge on any atom is 0.167 e. The highest BCUT2D eigenvalue weighted by Gasteiger charge is 2.15. The van der Waals surface area contributed by atoms with Crippen LogP contribution in [0.5, 0.6) is 5.75 Å². The second-order valence-corrected chi connectivity index (χ2v) is 3.90. The second kappa shape index (κ2) is 5.87. The number of aryl methyl sites for hydroxylation is 1. The SMILES string of the molecule is CCc1cc(Cl)cc(C(=O)CCN)c1OC. The van der Waals surface area contributed by atoms with E-state index in [-0.39, 0.29) is 5.78 Å². The predicted octanol–water partition coefficient (Wildman–Crippen LogP) is 2.44. The summed E-state index contributed by atoms with van der Waals surface area (Å²) in [5.74, 6) is 0.585. The topological polar surface area (TPSA) is 52.3 Å². The van der Waals surface area contributed by atoms with Crippen LogP contribution in [0.3, 0.4) is 0 Å². The highest BCUT2D eigenvalue weighted by atomic mass is 35.5. The molecule has 0 aliphatic carbocycles. The number of ether oxygens (including phenoxy) is 1. The van der Waals surface area contributed by atoms with Crippen LogP contribution in [0, 0.1) is 0 Å². The molecular formula is C12H16ClNO2. The van der Waals surface area contributed by atoms with Crippen molar-refractivity contribution in [2.75, 3.05) is 13.7 Å². The van der Waals surface area contributed by atoms with Crippen LogP contribution in [0.25, 0.3) is 0 Å². The van der Waals surface area contributed by atoms with E-state index in [1.165, 1.54) is 0 Å². The van der Waals surface area contributed by atoms with Gasteiger partial charge in [-0.25, -0.2) is 0 Å². The van der Waals surface area contributed by atoms with Crippen molar-refractivity contribution in [3.8, 4) is 5.75 Å². The number of carbonyl (C=O) groups excluding carboxylic acids is 1. The van der Waals surface area contributed by atoms with Crippen LogP contribution < -0.4 is 10.5 Å². The molecule has 3 nitrogen and oxygen atoms in total. The zero-order chi connectivity index (χ0) is 12.1. The molecule has 1 aromatic rings. The number of carbonyl (C=O) groups is 1. The lowest BCUT2D eigenvalue weighted by molar-refractivity contribution is 0.0982. The Labute approximate surface area is 101 Å². The standard InChI is InChI=1S/C12H16ClNO2/c1-3-8-6-9(13)7-10(12(8)16-2)11(15)4-5-14/h6-7H,3-5,14H2,1-2H3. The molecule has 0 atom stereocenters. The minimum Gasteiger partial charge on any atom is -0.496 e. The van der Waals surface area contributed by atoms with Crippen molar-refractivity contribution < 1.29 is 9.53 Å². The zero-order valence-corrected chi connectivity index (χ0v) is 10.3. The van der Waals surface area contributed by atoms with Crippen LogP contribution in [0.1, 0.15) is 29.3 Å². The monoisotopic (exact) mass is 241 g/mol. The van der Waals surface area contributed by atoms with E-state index < -0.39 is 0 Å². The number of hydrogen-bond donors (Lipinski definition) is 1. The Kier molecular flexibility index (Phi) is 4.77. The average molecular weight is 242 g/mol. The molecule has 2 N–H and O–H groups in total. The number of methoxy groups -OCH3 is 1. The van der Waals surface area contributed by atoms with Gasteiger partial charge in [0.2, 0.25) is 0 Å². The van der Waals surface area contributed by atoms with Gasteiger partial charge in [-0.2, -0.15) is 0 Å². The van der Waals surface area contributed by atoms with Crippen LogP contribution in [0.15, 0.2) is 12.1 Å². The summed E-state index contributed by atoms with van der Waals surface area (Å²) in [5, 5.41) is 0.554. The molecule has 0 fully saturated rings. The van der Waals surface area contributed by atoms with Gasteiger partial charge in [-0.05, 0) is 30.7 Å². The molecule has 16 heavy (non-hydrogen) atoms. The fourth-order valence-electron chi connectivity index (χ4n) is 1.63. The van der Waals surface area contributed by atoms with Crippen molar-refractivity contribution in [1.29, 1.82) is 0 Å². The number of ketones is 1. The third-order valence-electron chi connectivity index (χ3n) is 2.39. The summed E-state index contributed by atoms with van der Waals surface area (Å²) in [6.45, 7) is 2.32. The lowest BCUT2D eigenvalue weighted by atomic mass is 10.0. The number of rotatable bonds is 5. The molecule has 0 aliphatic rings. The van der Waals surface area contributed by atoms with Gasteiger partial charge in [-0.15, -0.1) is 0 Å². The molecule has 0 aromatic heterocycles. The number of benzene rings is 1. The van der Waals surface area contributed by atoms with Crippen molar-refractivity contribution in [2.24, 2.45) is 5.73 Å². The quantitative estimate of drug-likeness (QED) is 0.806. The first-order chi connectivity index (χ1) is 7.63. The van der Waals surface area contributed by atoms with E-state index in [0.717, 1.165) is 12.0 Å². The summed E-state index contributed by atoms with van der Waals surface area (Å²) in [7, 11) is 1.56. The van der Waals surface area contributed by atoms with E-state index in [1.54, 1.807) is 13.2 Å². The smallest absolute Gasteiger partial charge is 0.167 e. The first-order valence-corrected chi connectivity index (χ1v) is 5.61. The van der Waals surface area contributed by atoms with Crippen LogP contribution in [-0.4, -0.2) is 19.4 Å². The highest BCUT2D eigenvalue weighted by Crippen LogP contribution is 2.29. The summed E-state index contributed by atoms with van der Waals surface area (Å²) in [6, 6.07) is 3.46. The van der Waals surface area contributed by atoms with E-state index in [2.05, 4.69) is 0 Å². The van der Waals surface area contributed by atoms with Gasteiger partial charge in [0.25, 0.3) is 0 Å². The lowest BCUT2D eigenvalue weighted by Gasteiger charge is -2.12. The van der Waals surface area contributed by atoms with Crippen molar-refractivity contribution in [2.45, 2.75) is 19.8 Å². The van der Waals surface area contributed by atoms with Gasteiger partial charge in [0.1, 0.15) is 5.75 Å². The van der Waals surface area contributed by atoms with Crippen molar-refractivity contribution in [3.05, 3.63) is 28.3 Å². The first kappa shape index (κ1) is 13.0. The van der Waals surface area contributed by atoms with Crippen molar-refractivity contribution in [1.82, 2.24) is 0 Å². The molecule has 0 bridgehead atoms. The molecule has 0 heterocycles. The van der Waals surface area contributed by atoms with Crippen molar-refractivity contribution in [3.63, 3.8) is 0 Å². The van der Waals surface area contributed by atoms with E-state index in [1.807, 2.05) is 13.0 Å². The zero-order valence-electron chi connectivity index (χ0n) is 9.55. The minimum atomic E-state index is -0.0310. The van der Waals surface area contributed by atoms with Gasteiger partial charge in [0, 0.05) is 11.4 Å². The maximum atomic E-state index is 11.8. The molecule has 88 valence electrons. The Morgan fingerprint density at radius 1 is 1.50 bits per heavy atom. The fourth-order valence-corrected chi connectivity index (χ4v) is 1.87. The third kappa shape index (κ3) is 2.74. The molecule has 0 unspecified atom stereocenters. The lowest BCUT2D eigenvalue weighted by Crippen LogP contribution is -2.10. The Morgan fingerprint density at radius 2 is 2.19 bits per heavy atom. The molecule has 0 amide bonds. The van der Waals surface area contributed by atoms with Gasteiger partial charge in [0.05, 0.1) is 12.7 Å². The average Bonchev–Trinajstić information content (AvgIpc) is 2.28. The Hall–Kier alpha value is -1.06. The number of halogens is 1. The molecule has 0 saturated heterocycles. The normalized spacial score (nSPS) is 10.2. The molecule has 0 radical (unpaired) electrons. The second-order valence-electron chi connectivity index (χ2n) is 3.46. The van der Waals surface area contributed by atoms with Crippen LogP contribution in [0.4, 0.5) is 0 Å². The van der Waals surface area contributed by atoms with E-state index in [9.17, 15) is 4.79 Å². The summed E-state index contributed by atoms with van der Waals surface area (Å²) in [5.41, 5.74) is 6.84. The molecule has 0 spiro atoms. The maximum absolute atomic E-state index is 11.8. The van der Waals surface area contributed by atoms with Gasteiger partial charge in [-0.3, -0.25) is 4.79 Å². The molecule has 0 saturated carbocycles. The van der Waals surface area contributed by atoms with E-state index in [4.69, 9.17) is 22.1 Å². The van der Waals surface area contributed by atoms with Gasteiger partial charge in [-0.1, -0.05) is 18.5 Å². The van der Waals surface area contributed by atoms with E-state index >= 15 is 0 Å².